The maximum atomic E-state index is 13.1. The minimum absolute atomic E-state index is 0.197. The van der Waals surface area contributed by atoms with Gasteiger partial charge in [0.15, 0.2) is 5.82 Å². The van der Waals surface area contributed by atoms with Crippen LogP contribution in [0.25, 0.3) is 5.82 Å². The van der Waals surface area contributed by atoms with E-state index in [0.717, 1.165) is 12.8 Å². The van der Waals surface area contributed by atoms with E-state index in [9.17, 15) is 9.59 Å². The molecule has 10 heteroatoms. The molecule has 7 nitrogen and oxygen atoms in total. The summed E-state index contributed by atoms with van der Waals surface area (Å²) in [6.45, 7) is 0. The zero-order chi connectivity index (χ0) is 21.4. The molecular weight excluding hydrogens is 493 g/mol. The number of nitrogens with zero attached hydrogens (tertiary/aromatic N) is 4. The number of amides is 2. The Morgan fingerprint density at radius 3 is 2.70 bits per heavy atom. The fourth-order valence-electron chi connectivity index (χ4n) is 3.02. The van der Waals surface area contributed by atoms with E-state index in [-0.39, 0.29) is 17.6 Å². The Morgan fingerprint density at radius 1 is 1.23 bits per heavy atom. The van der Waals surface area contributed by atoms with Crippen molar-refractivity contribution in [2.24, 2.45) is 0 Å². The standard InChI is InChI=1S/C20H16BrCl2N5O2/c1-27(12-5-6-12)20(30)13-9-11(22)4-7-15(13)25-19(29)16-10-17(21)26-28(16)18-14(23)3-2-8-24-18/h2-4,7-10,12H,5-6H2,1H3,(H,25,29). The second-order valence-corrected chi connectivity index (χ2v) is 8.52. The second kappa shape index (κ2) is 8.37. The van der Waals surface area contributed by atoms with Gasteiger partial charge in [-0.3, -0.25) is 9.59 Å². The topological polar surface area (TPSA) is 80.1 Å². The van der Waals surface area contributed by atoms with Crippen LogP contribution in [0.1, 0.15) is 33.7 Å². The molecule has 2 amide bonds. The fraction of sp³-hybridized carbons (Fsp3) is 0.200. The van der Waals surface area contributed by atoms with Crippen molar-refractivity contribution in [3.05, 3.63) is 68.5 Å². The quantitative estimate of drug-likeness (QED) is 0.535. The first-order valence-corrected chi connectivity index (χ1v) is 10.6. The Hall–Kier alpha value is -2.42. The number of anilines is 1. The Kier molecular flexibility index (Phi) is 5.81. The van der Waals surface area contributed by atoms with Crippen LogP contribution in [0.15, 0.2) is 47.2 Å². The molecule has 0 bridgehead atoms. The van der Waals surface area contributed by atoms with Crippen molar-refractivity contribution in [2.45, 2.75) is 18.9 Å². The van der Waals surface area contributed by atoms with Gasteiger partial charge in [-0.2, -0.15) is 5.10 Å². The second-order valence-electron chi connectivity index (χ2n) is 6.86. The summed E-state index contributed by atoms with van der Waals surface area (Å²) in [4.78, 5) is 31.9. The number of rotatable bonds is 5. The summed E-state index contributed by atoms with van der Waals surface area (Å²) in [5.74, 6) is -0.353. The van der Waals surface area contributed by atoms with Gasteiger partial charge in [0.25, 0.3) is 11.8 Å². The Labute approximate surface area is 191 Å². The molecule has 0 spiro atoms. The van der Waals surface area contributed by atoms with Crippen molar-refractivity contribution < 1.29 is 9.59 Å². The molecular formula is C20H16BrCl2N5O2. The number of nitrogens with one attached hydrogen (secondary N) is 1. The lowest BCUT2D eigenvalue weighted by atomic mass is 10.1. The zero-order valence-electron chi connectivity index (χ0n) is 15.8. The van der Waals surface area contributed by atoms with E-state index in [1.165, 1.54) is 4.68 Å². The van der Waals surface area contributed by atoms with E-state index >= 15 is 0 Å². The first kappa shape index (κ1) is 20.8. The van der Waals surface area contributed by atoms with Gasteiger partial charge >= 0.3 is 0 Å². The number of carbonyl (C=O) groups excluding carboxylic acids is 2. The van der Waals surface area contributed by atoms with E-state index < -0.39 is 5.91 Å². The van der Waals surface area contributed by atoms with Gasteiger partial charge in [0.1, 0.15) is 10.3 Å². The molecule has 0 radical (unpaired) electrons. The fourth-order valence-corrected chi connectivity index (χ4v) is 3.76. The maximum Gasteiger partial charge on any atom is 0.274 e. The van der Waals surface area contributed by atoms with Gasteiger partial charge < -0.3 is 10.2 Å². The molecule has 1 aliphatic carbocycles. The minimum atomic E-state index is -0.472. The van der Waals surface area contributed by atoms with Gasteiger partial charge in [0.2, 0.25) is 0 Å². The largest absolute Gasteiger partial charge is 0.339 e. The molecule has 1 N–H and O–H groups in total. The molecule has 0 atom stereocenters. The van der Waals surface area contributed by atoms with Gasteiger partial charge in [0.05, 0.1) is 16.3 Å². The van der Waals surface area contributed by atoms with E-state index in [0.29, 0.717) is 31.7 Å². The van der Waals surface area contributed by atoms with Gasteiger partial charge in [-0.1, -0.05) is 23.2 Å². The van der Waals surface area contributed by atoms with E-state index in [1.807, 2.05) is 0 Å². The zero-order valence-corrected chi connectivity index (χ0v) is 18.9. The number of hydrogen-bond donors (Lipinski definition) is 1. The predicted octanol–water partition coefficient (Wildman–Crippen LogP) is 4.82. The molecule has 30 heavy (non-hydrogen) atoms. The monoisotopic (exact) mass is 507 g/mol. The third-order valence-electron chi connectivity index (χ3n) is 4.73. The lowest BCUT2D eigenvalue weighted by Gasteiger charge is -2.19. The van der Waals surface area contributed by atoms with Crippen molar-refractivity contribution in [1.82, 2.24) is 19.7 Å². The van der Waals surface area contributed by atoms with Crippen molar-refractivity contribution in [2.75, 3.05) is 12.4 Å². The van der Waals surface area contributed by atoms with Crippen LogP contribution in [0.5, 0.6) is 0 Å². The van der Waals surface area contributed by atoms with Crippen molar-refractivity contribution in [3.63, 3.8) is 0 Å². The van der Waals surface area contributed by atoms with Crippen molar-refractivity contribution in [1.29, 1.82) is 0 Å². The summed E-state index contributed by atoms with van der Waals surface area (Å²) in [5, 5.41) is 7.81. The Bertz CT molecular complexity index is 1150. The highest BCUT2D eigenvalue weighted by Crippen LogP contribution is 2.30. The first-order chi connectivity index (χ1) is 14.3. The number of aromatic nitrogens is 3. The first-order valence-electron chi connectivity index (χ1n) is 9.09. The van der Waals surface area contributed by atoms with Crippen LogP contribution >= 0.6 is 39.1 Å². The molecule has 4 rings (SSSR count). The third-order valence-corrected chi connectivity index (χ3v) is 5.64. The Balaban J connectivity index is 1.67. The van der Waals surface area contributed by atoms with Gasteiger partial charge in [-0.15, -0.1) is 0 Å². The van der Waals surface area contributed by atoms with E-state index in [4.69, 9.17) is 23.2 Å². The highest BCUT2D eigenvalue weighted by Gasteiger charge is 2.31. The minimum Gasteiger partial charge on any atom is -0.339 e. The van der Waals surface area contributed by atoms with Crippen LogP contribution in [0, 0.1) is 0 Å². The average molecular weight is 509 g/mol. The lowest BCUT2D eigenvalue weighted by Crippen LogP contribution is -2.30. The van der Waals surface area contributed by atoms with E-state index in [1.54, 1.807) is 54.5 Å². The van der Waals surface area contributed by atoms with Crippen molar-refractivity contribution >= 4 is 56.6 Å². The molecule has 3 aromatic rings. The van der Waals surface area contributed by atoms with Gasteiger partial charge in [0, 0.05) is 30.4 Å². The third kappa shape index (κ3) is 4.21. The number of benzene rings is 1. The van der Waals surface area contributed by atoms with Crippen molar-refractivity contribution in [3.8, 4) is 5.82 Å². The van der Waals surface area contributed by atoms with Crippen LogP contribution < -0.4 is 5.32 Å². The molecule has 0 aliphatic heterocycles. The van der Waals surface area contributed by atoms with Gasteiger partial charge in [-0.25, -0.2) is 9.67 Å². The molecule has 1 aliphatic rings. The van der Waals surface area contributed by atoms with E-state index in [2.05, 4.69) is 31.3 Å². The maximum absolute atomic E-state index is 13.1. The smallest absolute Gasteiger partial charge is 0.274 e. The molecule has 154 valence electrons. The molecule has 1 saturated carbocycles. The summed E-state index contributed by atoms with van der Waals surface area (Å²) in [6.07, 6.45) is 3.51. The predicted molar refractivity (Wildman–Crippen MR) is 119 cm³/mol. The van der Waals surface area contributed by atoms with Gasteiger partial charge in [-0.05, 0) is 59.1 Å². The highest BCUT2D eigenvalue weighted by molar-refractivity contribution is 9.10. The summed E-state index contributed by atoms with van der Waals surface area (Å²) >= 11 is 15.6. The normalized spacial score (nSPS) is 13.2. The summed E-state index contributed by atoms with van der Waals surface area (Å²) in [6, 6.07) is 9.90. The number of carbonyl (C=O) groups is 2. The number of pyridine rings is 1. The average Bonchev–Trinajstić information content (AvgIpc) is 3.50. The molecule has 2 aromatic heterocycles. The van der Waals surface area contributed by atoms with Crippen LogP contribution in [-0.2, 0) is 0 Å². The van der Waals surface area contributed by atoms with Crippen LogP contribution in [-0.4, -0.2) is 44.6 Å². The van der Waals surface area contributed by atoms with Crippen LogP contribution in [0.2, 0.25) is 10.0 Å². The molecule has 1 fully saturated rings. The molecule has 0 saturated heterocycles. The summed E-state index contributed by atoms with van der Waals surface area (Å²) < 4.78 is 1.78. The summed E-state index contributed by atoms with van der Waals surface area (Å²) in [5.41, 5.74) is 0.885. The lowest BCUT2D eigenvalue weighted by molar-refractivity contribution is 0.0786. The Morgan fingerprint density at radius 2 is 2.00 bits per heavy atom. The SMILES string of the molecule is CN(C(=O)c1cc(Cl)ccc1NC(=O)c1cc(Br)nn1-c1ncccc1Cl)C1CC1. The highest BCUT2D eigenvalue weighted by atomic mass is 79.9. The number of hydrogen-bond acceptors (Lipinski definition) is 4. The summed E-state index contributed by atoms with van der Waals surface area (Å²) in [7, 11) is 1.75. The van der Waals surface area contributed by atoms with Crippen LogP contribution in [0.4, 0.5) is 5.69 Å². The molecule has 0 unspecified atom stereocenters. The molecule has 1 aromatic carbocycles. The number of halogens is 3. The molecule has 2 heterocycles. The van der Waals surface area contributed by atoms with Crippen LogP contribution in [0.3, 0.4) is 0 Å².